The number of hydrogen-bond acceptors (Lipinski definition) is 2. The number of aromatic nitrogens is 4. The van der Waals surface area contributed by atoms with Gasteiger partial charge in [0.25, 0.3) is 0 Å². The third kappa shape index (κ3) is 2.16. The molecule has 3 aromatic heterocycles. The van der Waals surface area contributed by atoms with Crippen molar-refractivity contribution in [1.82, 2.24) is 20.2 Å². The van der Waals surface area contributed by atoms with Gasteiger partial charge in [0.05, 0.1) is 16.8 Å². The molecule has 0 radical (unpaired) electrons. The van der Waals surface area contributed by atoms with E-state index in [0.717, 1.165) is 58.6 Å². The van der Waals surface area contributed by atoms with Crippen molar-refractivity contribution < 1.29 is 13.2 Å². The maximum atomic E-state index is 13.4. The van der Waals surface area contributed by atoms with E-state index < -0.39 is 11.9 Å². The number of nitrogens with zero attached hydrogens (tertiary/aromatic N) is 2. The number of benzene rings is 1. The molecule has 0 saturated heterocycles. The van der Waals surface area contributed by atoms with Crippen LogP contribution in [0.4, 0.5) is 13.2 Å². The van der Waals surface area contributed by atoms with Gasteiger partial charge in [-0.05, 0) is 55.0 Å². The van der Waals surface area contributed by atoms with Crippen molar-refractivity contribution in [3.05, 3.63) is 47.4 Å². The molecule has 3 heterocycles. The summed E-state index contributed by atoms with van der Waals surface area (Å²) in [4.78, 5) is 7.86. The Morgan fingerprint density at radius 2 is 1.81 bits per heavy atom. The summed E-state index contributed by atoms with van der Waals surface area (Å²) in [7, 11) is 0. The number of H-pyrrole nitrogens is 2. The normalized spacial score (nSPS) is 14.9. The van der Waals surface area contributed by atoms with Crippen molar-refractivity contribution in [3.63, 3.8) is 0 Å². The molecular formula is C19H15F3N4. The van der Waals surface area contributed by atoms with Crippen molar-refractivity contribution >= 4 is 21.8 Å². The van der Waals surface area contributed by atoms with Crippen molar-refractivity contribution in [1.29, 1.82) is 0 Å². The molecule has 1 aliphatic carbocycles. The average Bonchev–Trinajstić information content (AvgIpc) is 3.29. The van der Waals surface area contributed by atoms with Crippen LogP contribution in [-0.4, -0.2) is 20.2 Å². The largest absolute Gasteiger partial charge is 0.435 e. The molecule has 0 spiro atoms. The highest BCUT2D eigenvalue weighted by Gasteiger charge is 2.38. The van der Waals surface area contributed by atoms with E-state index in [1.807, 2.05) is 24.4 Å². The van der Waals surface area contributed by atoms with Gasteiger partial charge in [0.2, 0.25) is 0 Å². The van der Waals surface area contributed by atoms with E-state index in [1.165, 1.54) is 6.20 Å². The Morgan fingerprint density at radius 1 is 1.00 bits per heavy atom. The van der Waals surface area contributed by atoms with E-state index in [-0.39, 0.29) is 5.56 Å². The van der Waals surface area contributed by atoms with Gasteiger partial charge in [-0.3, -0.25) is 5.10 Å². The van der Waals surface area contributed by atoms with Crippen molar-refractivity contribution in [2.24, 2.45) is 0 Å². The van der Waals surface area contributed by atoms with Crippen LogP contribution in [0.25, 0.3) is 33.1 Å². The Bertz CT molecular complexity index is 1140. The van der Waals surface area contributed by atoms with E-state index in [0.29, 0.717) is 5.69 Å². The Morgan fingerprint density at radius 3 is 2.62 bits per heavy atom. The molecule has 132 valence electrons. The molecule has 0 fully saturated rings. The second-order valence-electron chi connectivity index (χ2n) is 6.67. The summed E-state index contributed by atoms with van der Waals surface area (Å²) in [6.45, 7) is 0. The van der Waals surface area contributed by atoms with Crippen molar-refractivity contribution in [2.45, 2.75) is 31.9 Å². The van der Waals surface area contributed by atoms with Gasteiger partial charge >= 0.3 is 6.18 Å². The third-order valence-corrected chi connectivity index (χ3v) is 5.16. The number of alkyl halides is 3. The molecular weight excluding hydrogens is 341 g/mol. The molecule has 0 saturated carbocycles. The van der Waals surface area contributed by atoms with E-state index >= 15 is 0 Å². The first-order valence-corrected chi connectivity index (χ1v) is 8.57. The lowest BCUT2D eigenvalue weighted by Crippen LogP contribution is -2.11. The molecule has 7 heteroatoms. The van der Waals surface area contributed by atoms with Gasteiger partial charge in [0.1, 0.15) is 0 Å². The van der Waals surface area contributed by atoms with E-state index in [4.69, 9.17) is 0 Å². The summed E-state index contributed by atoms with van der Waals surface area (Å²) in [6, 6.07) is 5.80. The summed E-state index contributed by atoms with van der Waals surface area (Å²) >= 11 is 0. The zero-order valence-electron chi connectivity index (χ0n) is 13.7. The molecule has 0 bridgehead atoms. The Kier molecular flexibility index (Phi) is 3.16. The highest BCUT2D eigenvalue weighted by atomic mass is 19.4. The SMILES string of the molecule is FC(F)(F)c1n[nH]cc1-c1nc2ccc3[nH]ccc3c2c2c1CCCC2. The zero-order valence-corrected chi connectivity index (χ0v) is 13.7. The van der Waals surface area contributed by atoms with E-state index in [9.17, 15) is 13.2 Å². The quantitative estimate of drug-likeness (QED) is 0.504. The van der Waals surface area contributed by atoms with Crippen LogP contribution >= 0.6 is 0 Å². The molecule has 1 aromatic carbocycles. The number of pyridine rings is 1. The maximum absolute atomic E-state index is 13.4. The lowest BCUT2D eigenvalue weighted by Gasteiger charge is -2.22. The molecule has 0 unspecified atom stereocenters. The topological polar surface area (TPSA) is 57.4 Å². The number of aryl methyl sites for hydroxylation is 1. The smallest absolute Gasteiger partial charge is 0.361 e. The zero-order chi connectivity index (χ0) is 17.9. The number of rotatable bonds is 1. The van der Waals surface area contributed by atoms with Crippen LogP contribution in [0.1, 0.15) is 29.7 Å². The summed E-state index contributed by atoms with van der Waals surface area (Å²) in [5.74, 6) is 0. The monoisotopic (exact) mass is 356 g/mol. The van der Waals surface area contributed by atoms with Crippen molar-refractivity contribution in [2.75, 3.05) is 0 Å². The first kappa shape index (κ1) is 15.4. The average molecular weight is 356 g/mol. The predicted octanol–water partition coefficient (Wildman–Crippen LogP) is 5.00. The van der Waals surface area contributed by atoms with Gasteiger partial charge in [-0.25, -0.2) is 4.98 Å². The van der Waals surface area contributed by atoms with E-state index in [2.05, 4.69) is 20.2 Å². The number of aromatic amines is 2. The number of nitrogens with one attached hydrogen (secondary N) is 2. The minimum atomic E-state index is -4.52. The lowest BCUT2D eigenvalue weighted by atomic mass is 9.85. The van der Waals surface area contributed by atoms with Crippen LogP contribution < -0.4 is 0 Å². The Hall–Kier alpha value is -2.83. The molecule has 1 aliphatic rings. The highest BCUT2D eigenvalue weighted by molar-refractivity contribution is 6.08. The molecule has 4 aromatic rings. The molecule has 4 nitrogen and oxygen atoms in total. The van der Waals surface area contributed by atoms with Gasteiger partial charge in [-0.15, -0.1) is 0 Å². The summed E-state index contributed by atoms with van der Waals surface area (Å²) in [5, 5.41) is 7.94. The maximum Gasteiger partial charge on any atom is 0.435 e. The van der Waals surface area contributed by atoms with Crippen LogP contribution in [0.2, 0.25) is 0 Å². The standard InChI is InChI=1S/C19H15F3N4/c20-19(21,22)18-13(9-24-26-18)17-11-4-2-1-3-10(11)16-12-7-8-23-14(12)5-6-15(16)25-17/h5-9,23H,1-4H2,(H,24,26). The van der Waals surface area contributed by atoms with Gasteiger partial charge in [0.15, 0.2) is 5.69 Å². The van der Waals surface area contributed by atoms with Crippen LogP contribution in [0, 0.1) is 0 Å². The molecule has 5 rings (SSSR count). The second kappa shape index (κ2) is 5.33. The lowest BCUT2D eigenvalue weighted by molar-refractivity contribution is -0.140. The van der Waals surface area contributed by atoms with Crippen LogP contribution in [-0.2, 0) is 19.0 Å². The van der Waals surface area contributed by atoms with Crippen molar-refractivity contribution in [3.8, 4) is 11.3 Å². The van der Waals surface area contributed by atoms with Crippen LogP contribution in [0.15, 0.2) is 30.6 Å². The fourth-order valence-electron chi connectivity index (χ4n) is 4.07. The second-order valence-corrected chi connectivity index (χ2v) is 6.67. The molecule has 26 heavy (non-hydrogen) atoms. The predicted molar refractivity (Wildman–Crippen MR) is 92.8 cm³/mol. The highest BCUT2D eigenvalue weighted by Crippen LogP contribution is 2.41. The summed E-state index contributed by atoms with van der Waals surface area (Å²) in [6.07, 6.45) is 2.24. The third-order valence-electron chi connectivity index (χ3n) is 5.16. The first-order chi connectivity index (χ1) is 12.5. The Labute approximate surface area is 146 Å². The summed E-state index contributed by atoms with van der Waals surface area (Å²) in [5.41, 5.74) is 3.32. The van der Waals surface area contributed by atoms with Crippen LogP contribution in [0.5, 0.6) is 0 Å². The Balaban J connectivity index is 1.88. The molecule has 0 atom stereocenters. The fraction of sp³-hybridized carbons (Fsp3) is 0.263. The number of halogens is 3. The number of hydrogen-bond donors (Lipinski definition) is 2. The van der Waals surface area contributed by atoms with Gasteiger partial charge in [-0.1, -0.05) is 0 Å². The molecule has 2 N–H and O–H groups in total. The molecule has 0 amide bonds. The van der Waals surface area contributed by atoms with Gasteiger partial charge < -0.3 is 4.98 Å². The van der Waals surface area contributed by atoms with E-state index in [1.54, 1.807) is 0 Å². The van der Waals surface area contributed by atoms with Gasteiger partial charge in [0, 0.05) is 28.7 Å². The fourth-order valence-corrected chi connectivity index (χ4v) is 4.07. The van der Waals surface area contributed by atoms with Crippen LogP contribution in [0.3, 0.4) is 0 Å². The minimum absolute atomic E-state index is 0.0340. The number of fused-ring (bicyclic) bond motifs is 5. The molecule has 0 aliphatic heterocycles. The summed E-state index contributed by atoms with van der Waals surface area (Å²) < 4.78 is 40.1. The minimum Gasteiger partial charge on any atom is -0.361 e. The van der Waals surface area contributed by atoms with Gasteiger partial charge in [-0.2, -0.15) is 18.3 Å². The first-order valence-electron chi connectivity index (χ1n) is 8.57.